The fourth-order valence-corrected chi connectivity index (χ4v) is 1.80. The first kappa shape index (κ1) is 10.5. The minimum atomic E-state index is -3.66. The van der Waals surface area contributed by atoms with Crippen LogP contribution in [0, 0.1) is 5.92 Å². The number of carbonyl (C=O) groups is 1. The van der Waals surface area contributed by atoms with E-state index in [-0.39, 0.29) is 0 Å². The molecule has 0 aliphatic heterocycles. The minimum Gasteiger partial charge on any atom is -0.480 e. The van der Waals surface area contributed by atoms with Gasteiger partial charge in [-0.1, -0.05) is 0 Å². The number of hydrogen-bond acceptors (Lipinski definition) is 3. The maximum absolute atomic E-state index is 11.2. The van der Waals surface area contributed by atoms with Crippen LogP contribution in [0.4, 0.5) is 0 Å². The number of sulfonamides is 1. The van der Waals surface area contributed by atoms with Crippen LogP contribution >= 0.6 is 0 Å². The smallest absolute Gasteiger partial charge is 0.323 e. The molecular formula is C7H13NO4S. The van der Waals surface area contributed by atoms with Crippen molar-refractivity contribution >= 4 is 16.0 Å². The second kappa shape index (κ2) is 3.63. The van der Waals surface area contributed by atoms with Gasteiger partial charge in [-0.15, -0.1) is 0 Å². The van der Waals surface area contributed by atoms with Crippen LogP contribution in [0.5, 0.6) is 0 Å². The van der Waals surface area contributed by atoms with Crippen molar-refractivity contribution in [1.29, 1.82) is 0 Å². The Morgan fingerprint density at radius 1 is 1.62 bits per heavy atom. The summed E-state index contributed by atoms with van der Waals surface area (Å²) in [5, 5.41) is 7.11. The van der Waals surface area contributed by atoms with Gasteiger partial charge in [-0.25, -0.2) is 13.1 Å². The quantitative estimate of drug-likeness (QED) is 0.653. The van der Waals surface area contributed by atoms with Crippen molar-refractivity contribution in [2.24, 2.45) is 5.92 Å². The van der Waals surface area contributed by atoms with Gasteiger partial charge < -0.3 is 5.11 Å². The molecule has 1 fully saturated rings. The Morgan fingerprint density at radius 3 is 2.54 bits per heavy atom. The molecule has 1 aliphatic carbocycles. The van der Waals surface area contributed by atoms with Gasteiger partial charge in [0.2, 0.25) is 10.0 Å². The van der Waals surface area contributed by atoms with E-state index in [0.717, 1.165) is 19.8 Å². The van der Waals surface area contributed by atoms with Crippen LogP contribution in [-0.4, -0.2) is 31.3 Å². The average Bonchev–Trinajstić information content (AvgIpc) is 2.82. The van der Waals surface area contributed by atoms with E-state index in [0.29, 0.717) is 12.5 Å². The normalized spacial score (nSPS) is 19.8. The third-order valence-electron chi connectivity index (χ3n) is 2.08. The van der Waals surface area contributed by atoms with E-state index in [1.165, 1.54) is 0 Å². The van der Waals surface area contributed by atoms with Crippen molar-refractivity contribution in [1.82, 2.24) is 4.72 Å². The van der Waals surface area contributed by atoms with Crippen molar-refractivity contribution in [3.8, 4) is 0 Å². The molecule has 76 valence electrons. The zero-order valence-electron chi connectivity index (χ0n) is 7.36. The van der Waals surface area contributed by atoms with E-state index >= 15 is 0 Å². The van der Waals surface area contributed by atoms with E-state index in [9.17, 15) is 13.2 Å². The molecule has 0 aromatic carbocycles. The number of nitrogens with one attached hydrogen (secondary N) is 1. The maximum Gasteiger partial charge on any atom is 0.323 e. The Balaban J connectivity index is 2.48. The van der Waals surface area contributed by atoms with Crippen molar-refractivity contribution in [2.75, 3.05) is 6.54 Å². The van der Waals surface area contributed by atoms with Gasteiger partial charge in [0.1, 0.15) is 0 Å². The highest BCUT2D eigenvalue weighted by molar-refractivity contribution is 7.90. The zero-order valence-corrected chi connectivity index (χ0v) is 8.17. The van der Waals surface area contributed by atoms with Crippen molar-refractivity contribution < 1.29 is 18.3 Å². The van der Waals surface area contributed by atoms with Crippen molar-refractivity contribution in [3.63, 3.8) is 0 Å². The molecule has 1 rings (SSSR count). The fourth-order valence-electron chi connectivity index (χ4n) is 0.814. The molecule has 0 aromatic heterocycles. The molecule has 0 spiro atoms. The number of carboxylic acids is 1. The lowest BCUT2D eigenvalue weighted by molar-refractivity contribution is -0.136. The highest BCUT2D eigenvalue weighted by Gasteiger charge is 2.30. The van der Waals surface area contributed by atoms with E-state index in [1.54, 1.807) is 0 Å². The molecular weight excluding hydrogens is 194 g/mol. The Morgan fingerprint density at radius 2 is 2.15 bits per heavy atom. The topological polar surface area (TPSA) is 83.5 Å². The Bertz CT molecular complexity index is 294. The van der Waals surface area contributed by atoms with Crippen molar-refractivity contribution in [2.45, 2.75) is 25.0 Å². The van der Waals surface area contributed by atoms with E-state index in [1.807, 2.05) is 0 Å². The number of rotatable bonds is 5. The van der Waals surface area contributed by atoms with Gasteiger partial charge in [0.15, 0.2) is 5.25 Å². The third-order valence-corrected chi connectivity index (χ3v) is 3.78. The highest BCUT2D eigenvalue weighted by Crippen LogP contribution is 2.27. The first-order valence-electron chi connectivity index (χ1n) is 4.15. The van der Waals surface area contributed by atoms with Crippen LogP contribution in [0.3, 0.4) is 0 Å². The molecule has 1 unspecified atom stereocenters. The molecule has 2 N–H and O–H groups in total. The van der Waals surface area contributed by atoms with E-state index in [2.05, 4.69) is 4.72 Å². The van der Waals surface area contributed by atoms with Crippen LogP contribution in [0.25, 0.3) is 0 Å². The standard InChI is InChI=1S/C7H13NO4S/c1-5(7(9)10)13(11,12)8-4-6-2-3-6/h5-6,8H,2-4H2,1H3,(H,9,10). The molecule has 0 heterocycles. The van der Waals surface area contributed by atoms with Gasteiger partial charge >= 0.3 is 5.97 Å². The summed E-state index contributed by atoms with van der Waals surface area (Å²) in [5.41, 5.74) is 0. The SMILES string of the molecule is CC(C(=O)O)S(=O)(=O)NCC1CC1. The largest absolute Gasteiger partial charge is 0.480 e. The molecule has 0 aromatic rings. The monoisotopic (exact) mass is 207 g/mol. The summed E-state index contributed by atoms with van der Waals surface area (Å²) < 4.78 is 24.7. The summed E-state index contributed by atoms with van der Waals surface area (Å²) in [5.74, 6) is -0.904. The number of hydrogen-bond donors (Lipinski definition) is 2. The minimum absolute atomic E-state index is 0.375. The molecule has 5 nitrogen and oxygen atoms in total. The van der Waals surface area contributed by atoms with Gasteiger partial charge in [0.25, 0.3) is 0 Å². The summed E-state index contributed by atoms with van der Waals surface area (Å²) in [4.78, 5) is 10.4. The van der Waals surface area contributed by atoms with Crippen LogP contribution in [-0.2, 0) is 14.8 Å². The summed E-state index contributed by atoms with van der Waals surface area (Å²) in [6.45, 7) is 1.54. The van der Waals surface area contributed by atoms with Crippen LogP contribution < -0.4 is 4.72 Å². The average molecular weight is 207 g/mol. The summed E-state index contributed by atoms with van der Waals surface area (Å²) in [6, 6.07) is 0. The van der Waals surface area contributed by atoms with Gasteiger partial charge in [0.05, 0.1) is 0 Å². The van der Waals surface area contributed by atoms with Gasteiger partial charge in [-0.05, 0) is 25.7 Å². The second-order valence-electron chi connectivity index (χ2n) is 3.32. The maximum atomic E-state index is 11.2. The van der Waals surface area contributed by atoms with Gasteiger partial charge in [-0.3, -0.25) is 4.79 Å². The molecule has 0 bridgehead atoms. The molecule has 1 saturated carbocycles. The third kappa shape index (κ3) is 2.96. The fraction of sp³-hybridized carbons (Fsp3) is 0.857. The summed E-state index contributed by atoms with van der Waals surface area (Å²) in [6.07, 6.45) is 2.06. The van der Waals surface area contributed by atoms with Gasteiger partial charge in [-0.2, -0.15) is 0 Å². The number of carboxylic acid groups (broad SMARTS) is 1. The molecule has 1 aliphatic rings. The molecule has 0 saturated heterocycles. The lowest BCUT2D eigenvalue weighted by atomic mass is 10.4. The highest BCUT2D eigenvalue weighted by atomic mass is 32.2. The number of aliphatic carboxylic acids is 1. The molecule has 1 atom stereocenters. The first-order chi connectivity index (χ1) is 5.93. The van der Waals surface area contributed by atoms with E-state index < -0.39 is 21.2 Å². The molecule has 13 heavy (non-hydrogen) atoms. The molecule has 6 heteroatoms. The summed E-state index contributed by atoms with van der Waals surface area (Å²) >= 11 is 0. The lowest BCUT2D eigenvalue weighted by Crippen LogP contribution is -2.38. The van der Waals surface area contributed by atoms with E-state index in [4.69, 9.17) is 5.11 Å². The first-order valence-corrected chi connectivity index (χ1v) is 5.69. The predicted molar refractivity (Wildman–Crippen MR) is 46.7 cm³/mol. The predicted octanol–water partition coefficient (Wildman–Crippen LogP) is -0.211. The van der Waals surface area contributed by atoms with Crippen LogP contribution in [0.2, 0.25) is 0 Å². The zero-order chi connectivity index (χ0) is 10.1. The Hall–Kier alpha value is -0.620. The summed E-state index contributed by atoms with van der Waals surface area (Å²) in [7, 11) is -3.66. The Kier molecular flexibility index (Phi) is 2.92. The Labute approximate surface area is 77.2 Å². The van der Waals surface area contributed by atoms with Gasteiger partial charge in [0, 0.05) is 6.54 Å². The molecule has 0 radical (unpaired) electrons. The second-order valence-corrected chi connectivity index (χ2v) is 5.40. The van der Waals surface area contributed by atoms with Crippen LogP contribution in [0.1, 0.15) is 19.8 Å². The lowest BCUT2D eigenvalue weighted by Gasteiger charge is -2.08. The molecule has 0 amide bonds. The van der Waals surface area contributed by atoms with Crippen molar-refractivity contribution in [3.05, 3.63) is 0 Å². The van der Waals surface area contributed by atoms with Crippen LogP contribution in [0.15, 0.2) is 0 Å².